The van der Waals surface area contributed by atoms with Crippen LogP contribution in [0.1, 0.15) is 35.1 Å². The second-order valence-electron chi connectivity index (χ2n) is 5.97. The number of carbonyl (C=O) groups is 1. The molecule has 3 aromatic rings. The maximum absolute atomic E-state index is 12.7. The van der Waals surface area contributed by atoms with Crippen molar-refractivity contribution in [1.82, 2.24) is 25.1 Å². The normalized spacial score (nSPS) is 16.7. The molecule has 1 fully saturated rings. The fraction of sp³-hybridized carbons (Fsp3) is 0.222. The van der Waals surface area contributed by atoms with Crippen molar-refractivity contribution >= 4 is 17.5 Å². The zero-order valence-electron chi connectivity index (χ0n) is 13.8. The van der Waals surface area contributed by atoms with Crippen molar-refractivity contribution in [3.8, 4) is 11.6 Å². The first-order valence-corrected chi connectivity index (χ1v) is 8.64. The highest BCUT2D eigenvalue weighted by atomic mass is 35.5. The Morgan fingerprint density at radius 3 is 2.85 bits per heavy atom. The van der Waals surface area contributed by atoms with Crippen molar-refractivity contribution in [3.63, 3.8) is 0 Å². The highest BCUT2D eigenvalue weighted by Gasteiger charge is 2.32. The van der Waals surface area contributed by atoms with Crippen LogP contribution in [0.15, 0.2) is 48.9 Å². The van der Waals surface area contributed by atoms with Gasteiger partial charge in [-0.3, -0.25) is 14.9 Å². The molecule has 0 spiro atoms. The lowest BCUT2D eigenvalue weighted by molar-refractivity contribution is 0.0726. The predicted molar refractivity (Wildman–Crippen MR) is 95.2 cm³/mol. The second kappa shape index (κ2) is 7.13. The predicted octanol–water partition coefficient (Wildman–Crippen LogP) is 3.62. The summed E-state index contributed by atoms with van der Waals surface area (Å²) in [7, 11) is 0. The van der Waals surface area contributed by atoms with Crippen LogP contribution < -0.4 is 4.74 Å². The van der Waals surface area contributed by atoms with Crippen molar-refractivity contribution < 1.29 is 9.53 Å². The molecule has 1 aliphatic heterocycles. The number of aromatic nitrogens is 4. The molecular weight excluding hydrogens is 354 g/mol. The highest BCUT2D eigenvalue weighted by molar-refractivity contribution is 6.30. The number of aromatic amines is 1. The van der Waals surface area contributed by atoms with Crippen LogP contribution in [-0.2, 0) is 0 Å². The maximum atomic E-state index is 12.7. The smallest absolute Gasteiger partial charge is 0.272 e. The van der Waals surface area contributed by atoms with Gasteiger partial charge < -0.3 is 9.64 Å². The van der Waals surface area contributed by atoms with Gasteiger partial charge in [0.25, 0.3) is 5.91 Å². The summed E-state index contributed by atoms with van der Waals surface area (Å²) in [5, 5.41) is 7.21. The molecule has 4 rings (SSSR count). The van der Waals surface area contributed by atoms with Gasteiger partial charge in [0, 0.05) is 17.8 Å². The lowest BCUT2D eigenvalue weighted by Crippen LogP contribution is -2.31. The third-order valence-corrected chi connectivity index (χ3v) is 4.51. The van der Waals surface area contributed by atoms with Gasteiger partial charge in [-0.25, -0.2) is 4.98 Å². The summed E-state index contributed by atoms with van der Waals surface area (Å²) in [6, 6.07) is 8.56. The summed E-state index contributed by atoms with van der Waals surface area (Å²) < 4.78 is 5.75. The molecule has 1 saturated heterocycles. The maximum Gasteiger partial charge on any atom is 0.272 e. The molecule has 0 bridgehead atoms. The molecule has 7 nitrogen and oxygen atoms in total. The molecule has 1 aromatic carbocycles. The lowest BCUT2D eigenvalue weighted by atomic mass is 10.1. The third-order valence-electron chi connectivity index (χ3n) is 4.25. The van der Waals surface area contributed by atoms with Gasteiger partial charge in [0.2, 0.25) is 5.88 Å². The zero-order chi connectivity index (χ0) is 17.9. The Kier molecular flexibility index (Phi) is 4.53. The Morgan fingerprint density at radius 1 is 1.23 bits per heavy atom. The first-order chi connectivity index (χ1) is 12.7. The van der Waals surface area contributed by atoms with Crippen LogP contribution in [0.3, 0.4) is 0 Å². The van der Waals surface area contributed by atoms with Crippen LogP contribution in [0, 0.1) is 0 Å². The molecule has 1 atom stereocenters. The van der Waals surface area contributed by atoms with Gasteiger partial charge in [0.1, 0.15) is 11.4 Å². The minimum Gasteiger partial charge on any atom is -0.437 e. The monoisotopic (exact) mass is 369 g/mol. The summed E-state index contributed by atoms with van der Waals surface area (Å²) >= 11 is 5.89. The molecule has 1 amide bonds. The SMILES string of the molecule is O=C(c1ccn[nH]1)N1CCCC1c1cncc(Oc2ccc(Cl)cc2)n1. The average molecular weight is 370 g/mol. The van der Waals surface area contributed by atoms with Crippen LogP contribution >= 0.6 is 11.6 Å². The fourth-order valence-corrected chi connectivity index (χ4v) is 3.17. The minimum atomic E-state index is -0.132. The Balaban J connectivity index is 1.55. The first kappa shape index (κ1) is 16.5. The summed E-state index contributed by atoms with van der Waals surface area (Å²) in [6.07, 6.45) is 6.54. The topological polar surface area (TPSA) is 84.0 Å². The van der Waals surface area contributed by atoms with E-state index in [1.165, 1.54) is 0 Å². The summed E-state index contributed by atoms with van der Waals surface area (Å²) in [5.74, 6) is 0.916. The third kappa shape index (κ3) is 3.39. The van der Waals surface area contributed by atoms with E-state index in [-0.39, 0.29) is 11.9 Å². The van der Waals surface area contributed by atoms with Crippen molar-refractivity contribution in [2.24, 2.45) is 0 Å². The zero-order valence-corrected chi connectivity index (χ0v) is 14.6. The van der Waals surface area contributed by atoms with Crippen molar-refractivity contribution in [2.75, 3.05) is 6.54 Å². The highest BCUT2D eigenvalue weighted by Crippen LogP contribution is 2.32. The number of halogens is 1. The summed E-state index contributed by atoms with van der Waals surface area (Å²) in [4.78, 5) is 23.2. The number of nitrogens with one attached hydrogen (secondary N) is 1. The van der Waals surface area contributed by atoms with E-state index in [1.54, 1.807) is 53.8 Å². The number of ether oxygens (including phenoxy) is 1. The van der Waals surface area contributed by atoms with Crippen molar-refractivity contribution in [3.05, 3.63) is 65.3 Å². The number of carbonyl (C=O) groups excluding carboxylic acids is 1. The van der Waals surface area contributed by atoms with Crippen LogP contribution in [0.4, 0.5) is 0 Å². The van der Waals surface area contributed by atoms with Gasteiger partial charge >= 0.3 is 0 Å². The first-order valence-electron chi connectivity index (χ1n) is 8.26. The van der Waals surface area contributed by atoms with Crippen LogP contribution in [0.2, 0.25) is 5.02 Å². The number of rotatable bonds is 4. The molecule has 1 N–H and O–H groups in total. The second-order valence-corrected chi connectivity index (χ2v) is 6.40. The van der Waals surface area contributed by atoms with E-state index >= 15 is 0 Å². The molecule has 0 saturated carbocycles. The van der Waals surface area contributed by atoms with E-state index < -0.39 is 0 Å². The number of hydrogen-bond acceptors (Lipinski definition) is 5. The molecule has 2 aromatic heterocycles. The molecule has 8 heteroatoms. The minimum absolute atomic E-state index is 0.0872. The van der Waals surface area contributed by atoms with E-state index in [2.05, 4.69) is 20.2 Å². The summed E-state index contributed by atoms with van der Waals surface area (Å²) in [6.45, 7) is 0.673. The Bertz CT molecular complexity index is 898. The number of amides is 1. The van der Waals surface area contributed by atoms with E-state index in [1.807, 2.05) is 0 Å². The van der Waals surface area contributed by atoms with Gasteiger partial charge in [0.05, 0.1) is 24.1 Å². The summed E-state index contributed by atoms with van der Waals surface area (Å²) in [5.41, 5.74) is 1.18. The van der Waals surface area contributed by atoms with Crippen LogP contribution in [0.5, 0.6) is 11.6 Å². The van der Waals surface area contributed by atoms with Gasteiger partial charge in [-0.05, 0) is 43.2 Å². The van der Waals surface area contributed by atoms with Gasteiger partial charge in [-0.15, -0.1) is 0 Å². The van der Waals surface area contributed by atoms with E-state index in [4.69, 9.17) is 16.3 Å². The number of H-pyrrole nitrogens is 1. The van der Waals surface area contributed by atoms with Gasteiger partial charge in [-0.2, -0.15) is 5.10 Å². The van der Waals surface area contributed by atoms with E-state index in [0.717, 1.165) is 12.8 Å². The Morgan fingerprint density at radius 2 is 2.08 bits per heavy atom. The molecule has 1 unspecified atom stereocenters. The lowest BCUT2D eigenvalue weighted by Gasteiger charge is -2.23. The van der Waals surface area contributed by atoms with Crippen molar-refractivity contribution in [1.29, 1.82) is 0 Å². The Labute approximate surface area is 155 Å². The number of likely N-dealkylation sites (tertiary alicyclic amines) is 1. The molecular formula is C18H16ClN5O2. The molecule has 0 aliphatic carbocycles. The number of benzene rings is 1. The van der Waals surface area contributed by atoms with Gasteiger partial charge in [0.15, 0.2) is 0 Å². The molecule has 1 aliphatic rings. The standard InChI is InChI=1S/C18H16ClN5O2/c19-12-3-5-13(6-4-12)26-17-11-20-10-15(22-17)16-2-1-9-24(16)18(25)14-7-8-21-23-14/h3-8,10-11,16H,1-2,9H2,(H,21,23). The van der Waals surface area contributed by atoms with Crippen molar-refractivity contribution in [2.45, 2.75) is 18.9 Å². The van der Waals surface area contributed by atoms with Crippen LogP contribution in [0.25, 0.3) is 0 Å². The van der Waals surface area contributed by atoms with E-state index in [9.17, 15) is 4.79 Å². The molecule has 3 heterocycles. The fourth-order valence-electron chi connectivity index (χ4n) is 3.04. The van der Waals surface area contributed by atoms with Gasteiger partial charge in [-0.1, -0.05) is 11.6 Å². The van der Waals surface area contributed by atoms with E-state index in [0.29, 0.717) is 34.6 Å². The largest absolute Gasteiger partial charge is 0.437 e. The molecule has 132 valence electrons. The number of nitrogens with zero attached hydrogens (tertiary/aromatic N) is 4. The molecule has 0 radical (unpaired) electrons. The molecule has 26 heavy (non-hydrogen) atoms. The quantitative estimate of drug-likeness (QED) is 0.759. The Hall–Kier alpha value is -2.93. The average Bonchev–Trinajstić information content (AvgIpc) is 3.35. The van der Waals surface area contributed by atoms with Crippen LogP contribution in [-0.4, -0.2) is 37.5 Å². The number of hydrogen-bond donors (Lipinski definition) is 1.